The summed E-state index contributed by atoms with van der Waals surface area (Å²) in [6, 6.07) is 56.9. The average molecular weight is 796 g/mol. The molecule has 61 heavy (non-hydrogen) atoms. The van der Waals surface area contributed by atoms with E-state index in [1.807, 2.05) is 0 Å². The summed E-state index contributed by atoms with van der Waals surface area (Å²) >= 11 is 0. The van der Waals surface area contributed by atoms with Crippen molar-refractivity contribution in [1.29, 1.82) is 0 Å². The monoisotopic (exact) mass is 795 g/mol. The summed E-state index contributed by atoms with van der Waals surface area (Å²) in [7, 11) is 0. The van der Waals surface area contributed by atoms with Gasteiger partial charge in [0, 0.05) is 28.4 Å². The first kappa shape index (κ1) is 37.8. The smallest absolute Gasteiger partial charge is 0.252 e. The van der Waals surface area contributed by atoms with Crippen molar-refractivity contribution < 1.29 is 4.74 Å². The maximum absolute atomic E-state index is 6.92. The Morgan fingerprint density at radius 1 is 0.459 bits per heavy atom. The van der Waals surface area contributed by atoms with Crippen LogP contribution in [0, 0.1) is 0 Å². The van der Waals surface area contributed by atoms with E-state index in [1.165, 1.54) is 87.9 Å². The Morgan fingerprint density at radius 2 is 1.05 bits per heavy atom. The third kappa shape index (κ3) is 6.18. The van der Waals surface area contributed by atoms with Gasteiger partial charge in [-0.25, -0.2) is 0 Å². The zero-order valence-corrected chi connectivity index (χ0v) is 36.4. The number of benzene rings is 7. The summed E-state index contributed by atoms with van der Waals surface area (Å²) in [6.45, 7) is 14.1. The molecule has 0 N–H and O–H groups in total. The maximum Gasteiger partial charge on any atom is 0.252 e. The molecule has 4 nitrogen and oxygen atoms in total. The molecule has 0 radical (unpaired) electrons. The van der Waals surface area contributed by atoms with Gasteiger partial charge in [0.05, 0.1) is 22.7 Å². The first-order valence-electron chi connectivity index (χ1n) is 22.4. The molecule has 0 atom stereocenters. The standard InChI is InChI=1S/C56H54BN3O/c1-55(2,3)39-30-32-45-43(34-39)57-44-35-40(56(4,5)6)36-50(60-46-25-16-17-28-51(46)61-52-33-38(29-31-47(52)60)37-19-10-7-11-20-37)54(44)59(42-23-14-9-15-24-42)49-27-18-26-48(53(49)57)58(45)41-21-12-8-13-22-41/h8-9,12-18,21-37H,7,10-11,19-20H2,1-6H3. The van der Waals surface area contributed by atoms with Gasteiger partial charge in [-0.15, -0.1) is 0 Å². The molecule has 302 valence electrons. The minimum Gasteiger partial charge on any atom is -0.453 e. The Kier molecular flexibility index (Phi) is 8.79. The lowest BCUT2D eigenvalue weighted by atomic mass is 9.33. The molecular weight excluding hydrogens is 741 g/mol. The van der Waals surface area contributed by atoms with Crippen molar-refractivity contribution in [2.45, 2.75) is 90.4 Å². The summed E-state index contributed by atoms with van der Waals surface area (Å²) in [5, 5.41) is 0. The molecule has 0 saturated heterocycles. The lowest BCUT2D eigenvalue weighted by molar-refractivity contribution is 0.439. The van der Waals surface area contributed by atoms with Crippen LogP contribution >= 0.6 is 0 Å². The van der Waals surface area contributed by atoms with Crippen molar-refractivity contribution in [3.8, 4) is 11.5 Å². The van der Waals surface area contributed by atoms with Crippen LogP contribution in [0.5, 0.6) is 11.5 Å². The van der Waals surface area contributed by atoms with E-state index >= 15 is 0 Å². The lowest BCUT2D eigenvalue weighted by Gasteiger charge is -2.46. The Bertz CT molecular complexity index is 2810. The van der Waals surface area contributed by atoms with Gasteiger partial charge in [-0.05, 0) is 135 Å². The fourth-order valence-electron chi connectivity index (χ4n) is 10.5. The Balaban J connectivity index is 1.25. The van der Waals surface area contributed by atoms with Crippen LogP contribution in [0.15, 0.2) is 152 Å². The zero-order valence-electron chi connectivity index (χ0n) is 36.4. The summed E-state index contributed by atoms with van der Waals surface area (Å²) in [5.74, 6) is 2.38. The highest BCUT2D eigenvalue weighted by Gasteiger charge is 2.46. The Morgan fingerprint density at radius 3 is 1.75 bits per heavy atom. The molecule has 4 aliphatic rings. The number of para-hydroxylation sites is 4. The predicted molar refractivity (Wildman–Crippen MR) is 258 cm³/mol. The highest BCUT2D eigenvalue weighted by molar-refractivity contribution is 7.00. The molecule has 1 fully saturated rings. The topological polar surface area (TPSA) is 19.0 Å². The van der Waals surface area contributed by atoms with Crippen molar-refractivity contribution in [2.24, 2.45) is 0 Å². The number of hydrogen-bond acceptors (Lipinski definition) is 4. The van der Waals surface area contributed by atoms with Gasteiger partial charge in [-0.3, -0.25) is 0 Å². The van der Waals surface area contributed by atoms with Crippen LogP contribution in [-0.2, 0) is 10.8 Å². The lowest BCUT2D eigenvalue weighted by Crippen LogP contribution is -2.62. The maximum atomic E-state index is 6.92. The zero-order chi connectivity index (χ0) is 41.6. The second kappa shape index (κ2) is 14.2. The fourth-order valence-corrected chi connectivity index (χ4v) is 10.5. The van der Waals surface area contributed by atoms with Gasteiger partial charge in [0.15, 0.2) is 11.5 Å². The molecule has 11 rings (SSSR count). The molecule has 0 spiro atoms. The van der Waals surface area contributed by atoms with Gasteiger partial charge >= 0.3 is 0 Å². The average Bonchev–Trinajstić information content (AvgIpc) is 3.27. The van der Waals surface area contributed by atoms with Gasteiger partial charge in [0.25, 0.3) is 6.71 Å². The highest BCUT2D eigenvalue weighted by atomic mass is 16.5. The van der Waals surface area contributed by atoms with Crippen molar-refractivity contribution in [2.75, 3.05) is 14.7 Å². The summed E-state index contributed by atoms with van der Waals surface area (Å²) in [5.41, 5.74) is 18.3. The molecule has 0 bridgehead atoms. The number of anilines is 9. The third-order valence-corrected chi connectivity index (χ3v) is 13.7. The van der Waals surface area contributed by atoms with Crippen LogP contribution in [0.3, 0.4) is 0 Å². The van der Waals surface area contributed by atoms with E-state index in [9.17, 15) is 0 Å². The number of ether oxygens (including phenoxy) is 1. The van der Waals surface area contributed by atoms with Crippen LogP contribution < -0.4 is 35.8 Å². The number of hydrogen-bond donors (Lipinski definition) is 0. The first-order valence-corrected chi connectivity index (χ1v) is 22.4. The second-order valence-corrected chi connectivity index (χ2v) is 19.7. The Labute approximate surface area is 362 Å². The first-order chi connectivity index (χ1) is 29.5. The highest BCUT2D eigenvalue weighted by Crippen LogP contribution is 2.56. The molecule has 7 aromatic carbocycles. The molecular formula is C56H54BN3O. The Hall–Kier alpha value is -6.20. The molecule has 1 saturated carbocycles. The molecule has 1 aliphatic carbocycles. The van der Waals surface area contributed by atoms with Gasteiger partial charge in [-0.1, -0.05) is 140 Å². The van der Waals surface area contributed by atoms with Gasteiger partial charge in [0.2, 0.25) is 0 Å². The SMILES string of the molecule is CC(C)(C)c1ccc2c(c1)B1c3cc(C(C)(C)C)cc(N4c5ccccc5Oc5cc(C6CCCCC6)ccc54)c3N(c3ccccc3)c3cccc(c31)N2c1ccccc1. The number of rotatable bonds is 4. The molecule has 3 heterocycles. The van der Waals surface area contributed by atoms with Gasteiger partial charge in [0.1, 0.15) is 0 Å². The largest absolute Gasteiger partial charge is 0.453 e. The third-order valence-electron chi connectivity index (χ3n) is 13.7. The van der Waals surface area contributed by atoms with E-state index in [4.69, 9.17) is 4.74 Å². The van der Waals surface area contributed by atoms with Crippen molar-refractivity contribution in [3.05, 3.63) is 168 Å². The second-order valence-electron chi connectivity index (χ2n) is 19.7. The molecule has 7 aromatic rings. The van der Waals surface area contributed by atoms with Crippen LogP contribution in [-0.4, -0.2) is 6.71 Å². The van der Waals surface area contributed by atoms with Crippen LogP contribution in [0.1, 0.15) is 96.3 Å². The predicted octanol–water partition coefficient (Wildman–Crippen LogP) is 14.0. The molecule has 3 aliphatic heterocycles. The minimum atomic E-state index is -0.137. The van der Waals surface area contributed by atoms with Crippen LogP contribution in [0.2, 0.25) is 0 Å². The van der Waals surface area contributed by atoms with E-state index in [-0.39, 0.29) is 17.5 Å². The van der Waals surface area contributed by atoms with E-state index < -0.39 is 0 Å². The normalized spacial score (nSPS) is 15.6. The minimum absolute atomic E-state index is 0.0242. The van der Waals surface area contributed by atoms with Crippen molar-refractivity contribution >= 4 is 74.3 Å². The van der Waals surface area contributed by atoms with Crippen molar-refractivity contribution in [3.63, 3.8) is 0 Å². The van der Waals surface area contributed by atoms with E-state index in [2.05, 4.69) is 208 Å². The van der Waals surface area contributed by atoms with Crippen LogP contribution in [0.4, 0.5) is 51.2 Å². The summed E-state index contributed by atoms with van der Waals surface area (Å²) < 4.78 is 6.92. The fraction of sp³-hybridized carbons (Fsp3) is 0.250. The molecule has 5 heteroatoms. The van der Waals surface area contributed by atoms with Gasteiger partial charge in [-0.2, -0.15) is 0 Å². The summed E-state index contributed by atoms with van der Waals surface area (Å²) in [4.78, 5) is 7.57. The van der Waals surface area contributed by atoms with E-state index in [1.54, 1.807) is 0 Å². The summed E-state index contributed by atoms with van der Waals surface area (Å²) in [6.07, 6.45) is 6.42. The molecule has 0 aromatic heterocycles. The molecule has 0 amide bonds. The van der Waals surface area contributed by atoms with E-state index in [0.29, 0.717) is 5.92 Å². The quantitative estimate of drug-likeness (QED) is 0.165. The van der Waals surface area contributed by atoms with Crippen molar-refractivity contribution in [1.82, 2.24) is 0 Å². The van der Waals surface area contributed by atoms with Gasteiger partial charge < -0.3 is 19.4 Å². The number of fused-ring (bicyclic) bond motifs is 6. The van der Waals surface area contributed by atoms with Crippen LogP contribution in [0.25, 0.3) is 0 Å². The molecule has 0 unspecified atom stereocenters. The number of nitrogens with zero attached hydrogens (tertiary/aromatic N) is 3. The van der Waals surface area contributed by atoms with E-state index in [0.717, 1.165) is 39.9 Å².